The first-order valence-electron chi connectivity index (χ1n) is 33.0. The van der Waals surface area contributed by atoms with Crippen LogP contribution in [0.3, 0.4) is 0 Å². The van der Waals surface area contributed by atoms with Crippen molar-refractivity contribution in [2.45, 2.75) is 236 Å². The predicted octanol–water partition coefficient (Wildman–Crippen LogP) is 16.4. The average Bonchev–Trinajstić information content (AvgIpc) is 1.64. The Morgan fingerprint density at radius 1 is 0.379 bits per heavy atom. The maximum absolute atomic E-state index is 13.7. The average molecular weight is 1170 g/mol. The molecule has 87 heavy (non-hydrogen) atoms. The van der Waals surface area contributed by atoms with Gasteiger partial charge in [0.25, 0.3) is 0 Å². The number of aromatic amines is 3. The Labute approximate surface area is 518 Å². The summed E-state index contributed by atoms with van der Waals surface area (Å²) in [5.41, 5.74) is 26.5. The molecule has 3 atom stereocenters. The first-order valence-corrected chi connectivity index (χ1v) is 33.0. The van der Waals surface area contributed by atoms with Crippen LogP contribution in [-0.4, -0.2) is 47.9 Å². The minimum Gasteiger partial charge on any atom is -0.294 e. The Bertz CT molecular complexity index is 3540. The fourth-order valence-electron chi connectivity index (χ4n) is 18.9. The van der Waals surface area contributed by atoms with Gasteiger partial charge in [-0.25, -0.2) is 0 Å². The third kappa shape index (κ3) is 10.0. The topological polar surface area (TPSA) is 137 Å². The number of carbonyl (C=O) groups is 3. The van der Waals surface area contributed by atoms with E-state index in [2.05, 4.69) is 192 Å². The zero-order valence-electron chi connectivity index (χ0n) is 55.2. The summed E-state index contributed by atoms with van der Waals surface area (Å²) in [7, 11) is 0. The first-order chi connectivity index (χ1) is 40.8. The van der Waals surface area contributed by atoms with Gasteiger partial charge < -0.3 is 0 Å². The summed E-state index contributed by atoms with van der Waals surface area (Å²) in [5.74, 6) is 1.09. The molecule has 0 bridgehead atoms. The third-order valence-electron chi connectivity index (χ3n) is 21.2. The van der Waals surface area contributed by atoms with Crippen LogP contribution in [0.15, 0.2) is 106 Å². The molecular weight excluding hydrogens is 1070 g/mol. The molecule has 1 unspecified atom stereocenters. The van der Waals surface area contributed by atoms with E-state index in [1.165, 1.54) is 83.9 Å². The highest BCUT2D eigenvalue weighted by Gasteiger charge is 2.58. The number of nitrogens with one attached hydrogen (secondary N) is 3. The number of ketones is 3. The van der Waals surface area contributed by atoms with Gasteiger partial charge in [0.2, 0.25) is 0 Å². The van der Waals surface area contributed by atoms with Gasteiger partial charge >= 0.3 is 0 Å². The molecule has 9 aliphatic rings. The van der Waals surface area contributed by atoms with E-state index in [9.17, 15) is 14.4 Å². The van der Waals surface area contributed by atoms with E-state index in [4.69, 9.17) is 15.3 Å². The van der Waals surface area contributed by atoms with Crippen LogP contribution in [0.1, 0.15) is 246 Å². The molecule has 9 aliphatic carbocycles. The number of hydrogen-bond acceptors (Lipinski definition) is 6. The molecule has 0 radical (unpaired) electrons. The molecule has 0 fully saturated rings. The van der Waals surface area contributed by atoms with Crippen molar-refractivity contribution in [2.24, 2.45) is 32.5 Å². The van der Waals surface area contributed by atoms with Gasteiger partial charge in [0.15, 0.2) is 17.3 Å². The normalized spacial score (nSPS) is 25.2. The lowest BCUT2D eigenvalue weighted by molar-refractivity contribution is -0.119. The Morgan fingerprint density at radius 3 is 0.885 bits per heavy atom. The second-order valence-corrected chi connectivity index (χ2v) is 34.3. The molecule has 0 amide bonds. The fourth-order valence-corrected chi connectivity index (χ4v) is 18.9. The number of Topliss-reactive ketones (excluding diaryl/α,β-unsaturated/α-hetero) is 3. The summed E-state index contributed by atoms with van der Waals surface area (Å²) >= 11 is 0. The minimum absolute atomic E-state index is 0.0427. The lowest BCUT2D eigenvalue weighted by Gasteiger charge is -2.44. The number of aryl methyl sites for hydroxylation is 3. The van der Waals surface area contributed by atoms with Crippen molar-refractivity contribution in [3.8, 4) is 0 Å². The van der Waals surface area contributed by atoms with Crippen molar-refractivity contribution in [2.75, 3.05) is 0 Å². The van der Waals surface area contributed by atoms with Gasteiger partial charge in [-0.3, -0.25) is 29.7 Å². The fraction of sp³-hybridized carbons (Fsp3) is 0.538. The maximum Gasteiger partial charge on any atom is 0.160 e. The van der Waals surface area contributed by atoms with E-state index in [0.29, 0.717) is 36.6 Å². The van der Waals surface area contributed by atoms with Crippen LogP contribution in [0.25, 0.3) is 0 Å². The molecule has 9 heteroatoms. The lowest BCUT2D eigenvalue weighted by Crippen LogP contribution is -2.42. The zero-order chi connectivity index (χ0) is 61.8. The summed E-state index contributed by atoms with van der Waals surface area (Å²) in [5, 5.41) is 24.7. The molecule has 3 aromatic heterocycles. The quantitative estimate of drug-likeness (QED) is 0.161. The molecule has 0 saturated carbocycles. The van der Waals surface area contributed by atoms with Crippen LogP contribution in [0.2, 0.25) is 0 Å². The van der Waals surface area contributed by atoms with E-state index < -0.39 is 0 Å². The standard InChI is InChI=1S/3C26H32N2O/c3*1-24(2,3)14-20-23-19(27-28-20)12-17-13-25(4,5)15-21(29)22(17)26(23)11-10-16-8-6-7-9-18(16)26/h3*6-9H,10-15H2,1-5H3,(H,27,28)/t2*26-;/m10./s1. The Balaban J connectivity index is 0.000000121. The number of nitrogens with zero attached hydrogens (tertiary/aromatic N) is 3. The molecule has 3 N–H and O–H groups in total. The first kappa shape index (κ1) is 59.5. The summed E-state index contributed by atoms with van der Waals surface area (Å²) in [6, 6.07) is 26.4. The SMILES string of the molecule is CC(C)(C)Cc1n[nH]c2c1C1(CCc3ccccc31)C1=C(C2)CC(C)(C)CC1=O.CC(C)(C)Cc1n[nH]c2c1[C@@]1(CCc3ccccc31)C1=C(C2)CC(C)(C)CC1=O.CC(C)(C)Cc1n[nH]c2c1[C@]1(CCc3ccccc31)C1=C(C2)CC(C)(C)CC1=O. The zero-order valence-corrected chi connectivity index (χ0v) is 55.2. The second-order valence-electron chi connectivity index (χ2n) is 34.3. The molecule has 6 aromatic rings. The van der Waals surface area contributed by atoms with Crippen molar-refractivity contribution in [1.29, 1.82) is 0 Å². The summed E-state index contributed by atoms with van der Waals surface area (Å²) in [4.78, 5) is 41.0. The number of aromatic nitrogens is 6. The van der Waals surface area contributed by atoms with Gasteiger partial charge in [-0.2, -0.15) is 15.3 Å². The molecule has 0 saturated heterocycles. The lowest BCUT2D eigenvalue weighted by atomic mass is 9.57. The highest BCUT2D eigenvalue weighted by molar-refractivity contribution is 6.04. The number of carbonyl (C=O) groups excluding carboxylic acids is 3. The predicted molar refractivity (Wildman–Crippen MR) is 348 cm³/mol. The molecular formula is C78H96N6O3. The molecule has 3 spiro atoms. The third-order valence-corrected chi connectivity index (χ3v) is 21.2. The number of fused-ring (bicyclic) bond motifs is 15. The Kier molecular flexibility index (Phi) is 13.9. The Morgan fingerprint density at radius 2 is 0.632 bits per heavy atom. The summed E-state index contributed by atoms with van der Waals surface area (Å²) in [6.45, 7) is 33.8. The van der Waals surface area contributed by atoms with Crippen LogP contribution >= 0.6 is 0 Å². The monoisotopic (exact) mass is 1160 g/mol. The van der Waals surface area contributed by atoms with E-state index in [1.807, 2.05) is 0 Å². The van der Waals surface area contributed by atoms with E-state index in [0.717, 1.165) is 130 Å². The van der Waals surface area contributed by atoms with Gasteiger partial charge in [0, 0.05) is 89.0 Å². The summed E-state index contributed by atoms with van der Waals surface area (Å²) < 4.78 is 0. The second kappa shape index (κ2) is 20.3. The molecule has 456 valence electrons. The van der Waals surface area contributed by atoms with E-state index in [-0.39, 0.29) is 48.7 Å². The van der Waals surface area contributed by atoms with Gasteiger partial charge in [-0.05, 0) is 143 Å². The Hall–Kier alpha value is -6.48. The van der Waals surface area contributed by atoms with Gasteiger partial charge in [0.1, 0.15) is 0 Å². The van der Waals surface area contributed by atoms with Crippen molar-refractivity contribution in [1.82, 2.24) is 30.6 Å². The van der Waals surface area contributed by atoms with E-state index >= 15 is 0 Å². The van der Waals surface area contributed by atoms with E-state index in [1.54, 1.807) is 0 Å². The molecule has 3 aromatic carbocycles. The van der Waals surface area contributed by atoms with Crippen LogP contribution in [0.4, 0.5) is 0 Å². The van der Waals surface area contributed by atoms with Crippen LogP contribution in [0, 0.1) is 32.5 Å². The van der Waals surface area contributed by atoms with Gasteiger partial charge in [-0.1, -0.05) is 193 Å². The number of H-pyrrole nitrogens is 3. The maximum atomic E-state index is 13.7. The highest BCUT2D eigenvalue weighted by atomic mass is 16.1. The van der Waals surface area contributed by atoms with Crippen LogP contribution in [-0.2, 0) is 88.4 Å². The van der Waals surface area contributed by atoms with Gasteiger partial charge in [-0.15, -0.1) is 0 Å². The molecule has 15 rings (SSSR count). The van der Waals surface area contributed by atoms with Crippen LogP contribution < -0.4 is 0 Å². The van der Waals surface area contributed by atoms with Crippen molar-refractivity contribution in [3.63, 3.8) is 0 Å². The van der Waals surface area contributed by atoms with Crippen molar-refractivity contribution in [3.05, 3.63) is 190 Å². The van der Waals surface area contributed by atoms with Crippen molar-refractivity contribution >= 4 is 17.3 Å². The summed E-state index contributed by atoms with van der Waals surface area (Å²) in [6.07, 6.45) is 16.3. The number of allylic oxidation sites excluding steroid dienone is 6. The number of rotatable bonds is 3. The van der Waals surface area contributed by atoms with Crippen LogP contribution in [0.5, 0.6) is 0 Å². The minimum atomic E-state index is -0.305. The highest BCUT2D eigenvalue weighted by Crippen LogP contribution is 2.62. The number of hydrogen-bond donors (Lipinski definition) is 3. The van der Waals surface area contributed by atoms with Crippen molar-refractivity contribution < 1.29 is 14.4 Å². The number of benzene rings is 3. The largest absolute Gasteiger partial charge is 0.294 e. The van der Waals surface area contributed by atoms with Gasteiger partial charge in [0.05, 0.1) is 33.3 Å². The molecule has 9 nitrogen and oxygen atoms in total. The molecule has 3 heterocycles. The molecule has 0 aliphatic heterocycles. The smallest absolute Gasteiger partial charge is 0.160 e.